The summed E-state index contributed by atoms with van der Waals surface area (Å²) >= 11 is 6.06. The highest BCUT2D eigenvalue weighted by atomic mass is 35.5. The molecule has 130 valence electrons. The van der Waals surface area contributed by atoms with E-state index in [1.54, 1.807) is 12.4 Å². The Hall–Kier alpha value is -2.14. The Morgan fingerprint density at radius 3 is 2.88 bits per heavy atom. The van der Waals surface area contributed by atoms with Crippen molar-refractivity contribution in [2.24, 2.45) is 5.92 Å². The van der Waals surface area contributed by atoms with Gasteiger partial charge in [-0.05, 0) is 48.9 Å². The molecule has 2 aromatic rings. The fourth-order valence-electron chi connectivity index (χ4n) is 3.63. The summed E-state index contributed by atoms with van der Waals surface area (Å²) in [6.45, 7) is 1.70. The highest BCUT2D eigenvalue weighted by Crippen LogP contribution is 2.48. The van der Waals surface area contributed by atoms with Crippen molar-refractivity contribution in [3.05, 3.63) is 53.3 Å². The molecular weight excluding hydrogens is 336 g/mol. The summed E-state index contributed by atoms with van der Waals surface area (Å²) in [5, 5.41) is 3.96. The van der Waals surface area contributed by atoms with Crippen LogP contribution < -0.4 is 10.2 Å². The van der Waals surface area contributed by atoms with Crippen molar-refractivity contribution < 1.29 is 4.79 Å². The topological polar surface area (TPSA) is 58.1 Å². The van der Waals surface area contributed by atoms with E-state index in [0.29, 0.717) is 5.92 Å². The fraction of sp³-hybridized carbons (Fsp3) is 0.421. The lowest BCUT2D eigenvalue weighted by molar-refractivity contribution is -0.123. The van der Waals surface area contributed by atoms with Crippen LogP contribution in [0.3, 0.4) is 0 Å². The van der Waals surface area contributed by atoms with E-state index in [1.807, 2.05) is 24.3 Å². The molecule has 2 fully saturated rings. The van der Waals surface area contributed by atoms with E-state index in [0.717, 1.165) is 48.9 Å². The molecule has 1 amide bonds. The summed E-state index contributed by atoms with van der Waals surface area (Å²) in [5.41, 5.74) is 1.16. The number of hydrogen-bond acceptors (Lipinski definition) is 4. The molecule has 1 saturated carbocycles. The Morgan fingerprint density at radius 2 is 2.08 bits per heavy atom. The van der Waals surface area contributed by atoms with Crippen LogP contribution in [0.5, 0.6) is 0 Å². The minimum Gasteiger partial charge on any atom is -0.351 e. The fourth-order valence-corrected chi connectivity index (χ4v) is 3.83. The molecule has 0 spiro atoms. The number of halogens is 1. The molecule has 25 heavy (non-hydrogen) atoms. The third-order valence-corrected chi connectivity index (χ3v) is 5.24. The van der Waals surface area contributed by atoms with E-state index in [4.69, 9.17) is 11.6 Å². The van der Waals surface area contributed by atoms with Gasteiger partial charge in [0.15, 0.2) is 0 Å². The van der Waals surface area contributed by atoms with Gasteiger partial charge in [0.25, 0.3) is 0 Å². The van der Waals surface area contributed by atoms with Crippen LogP contribution in [0.15, 0.2) is 42.7 Å². The van der Waals surface area contributed by atoms with E-state index >= 15 is 0 Å². The SMILES string of the molecule is O=C(NC1CCCN(c2ncccn2)C1)C1CC1c1cccc(Cl)c1. The van der Waals surface area contributed by atoms with Crippen LogP contribution in [-0.2, 0) is 4.79 Å². The average Bonchev–Trinajstić information content (AvgIpc) is 3.44. The predicted octanol–water partition coefficient (Wildman–Crippen LogP) is 3.02. The van der Waals surface area contributed by atoms with Gasteiger partial charge in [0, 0.05) is 42.5 Å². The van der Waals surface area contributed by atoms with Gasteiger partial charge in [-0.25, -0.2) is 9.97 Å². The molecule has 1 aliphatic carbocycles. The number of rotatable bonds is 4. The Kier molecular flexibility index (Phi) is 4.57. The molecule has 6 heteroatoms. The number of piperidine rings is 1. The van der Waals surface area contributed by atoms with Gasteiger partial charge in [0.05, 0.1) is 0 Å². The van der Waals surface area contributed by atoms with Crippen LogP contribution in [0.4, 0.5) is 5.95 Å². The van der Waals surface area contributed by atoms with Crippen molar-refractivity contribution in [1.82, 2.24) is 15.3 Å². The lowest BCUT2D eigenvalue weighted by atomic mass is 10.1. The van der Waals surface area contributed by atoms with Crippen LogP contribution in [0.25, 0.3) is 0 Å². The molecule has 0 bridgehead atoms. The number of aromatic nitrogens is 2. The van der Waals surface area contributed by atoms with Crippen LogP contribution in [0.1, 0.15) is 30.7 Å². The van der Waals surface area contributed by atoms with Gasteiger partial charge in [-0.1, -0.05) is 23.7 Å². The molecule has 3 atom stereocenters. The Balaban J connectivity index is 1.34. The average molecular weight is 357 g/mol. The molecule has 1 aromatic heterocycles. The summed E-state index contributed by atoms with van der Waals surface area (Å²) in [6.07, 6.45) is 6.45. The van der Waals surface area contributed by atoms with Gasteiger partial charge >= 0.3 is 0 Å². The van der Waals surface area contributed by atoms with Crippen molar-refractivity contribution in [1.29, 1.82) is 0 Å². The number of amides is 1. The highest BCUT2D eigenvalue weighted by Gasteiger charge is 2.44. The molecule has 1 saturated heterocycles. The Bertz CT molecular complexity index is 754. The van der Waals surface area contributed by atoms with E-state index in [1.165, 1.54) is 0 Å². The number of anilines is 1. The number of carbonyl (C=O) groups excluding carboxylic acids is 1. The van der Waals surface area contributed by atoms with Gasteiger partial charge in [-0.15, -0.1) is 0 Å². The molecule has 2 aliphatic rings. The summed E-state index contributed by atoms with van der Waals surface area (Å²) in [6, 6.07) is 9.81. The van der Waals surface area contributed by atoms with Crippen molar-refractivity contribution >= 4 is 23.5 Å². The first kappa shape index (κ1) is 16.3. The van der Waals surface area contributed by atoms with Gasteiger partial charge in [-0.2, -0.15) is 0 Å². The second-order valence-electron chi connectivity index (χ2n) is 6.85. The predicted molar refractivity (Wildman–Crippen MR) is 97.7 cm³/mol. The number of nitrogens with one attached hydrogen (secondary N) is 1. The Morgan fingerprint density at radius 1 is 1.24 bits per heavy atom. The van der Waals surface area contributed by atoms with Gasteiger partial charge in [0.2, 0.25) is 11.9 Å². The normalized spacial score (nSPS) is 25.5. The second kappa shape index (κ2) is 7.00. The van der Waals surface area contributed by atoms with Crippen LogP contribution in [0, 0.1) is 5.92 Å². The summed E-state index contributed by atoms with van der Waals surface area (Å²) < 4.78 is 0. The van der Waals surface area contributed by atoms with Gasteiger partial charge < -0.3 is 10.2 Å². The molecule has 0 radical (unpaired) electrons. The van der Waals surface area contributed by atoms with Crippen molar-refractivity contribution in [2.45, 2.75) is 31.2 Å². The van der Waals surface area contributed by atoms with Gasteiger partial charge in [0.1, 0.15) is 0 Å². The van der Waals surface area contributed by atoms with Crippen molar-refractivity contribution in [3.63, 3.8) is 0 Å². The van der Waals surface area contributed by atoms with E-state index in [9.17, 15) is 4.79 Å². The molecule has 3 unspecified atom stereocenters. The summed E-state index contributed by atoms with van der Waals surface area (Å²) in [7, 11) is 0. The zero-order valence-corrected chi connectivity index (χ0v) is 14.7. The zero-order valence-electron chi connectivity index (χ0n) is 13.9. The maximum absolute atomic E-state index is 12.6. The molecule has 1 aliphatic heterocycles. The van der Waals surface area contributed by atoms with Crippen LogP contribution in [-0.4, -0.2) is 35.0 Å². The van der Waals surface area contributed by atoms with E-state index in [-0.39, 0.29) is 17.9 Å². The molecule has 5 nitrogen and oxygen atoms in total. The van der Waals surface area contributed by atoms with Crippen LogP contribution >= 0.6 is 11.6 Å². The summed E-state index contributed by atoms with van der Waals surface area (Å²) in [5.74, 6) is 1.27. The first-order valence-electron chi connectivity index (χ1n) is 8.78. The maximum atomic E-state index is 12.6. The summed E-state index contributed by atoms with van der Waals surface area (Å²) in [4.78, 5) is 23.4. The highest BCUT2D eigenvalue weighted by molar-refractivity contribution is 6.30. The smallest absolute Gasteiger partial charge is 0.225 e. The Labute approximate surface area is 152 Å². The first-order valence-corrected chi connectivity index (χ1v) is 9.16. The largest absolute Gasteiger partial charge is 0.351 e. The lowest BCUT2D eigenvalue weighted by Gasteiger charge is -2.33. The van der Waals surface area contributed by atoms with Crippen LogP contribution in [0.2, 0.25) is 5.02 Å². The standard InChI is InChI=1S/C19H21ClN4O/c20-14-5-1-4-13(10-14)16-11-17(16)18(25)23-15-6-2-9-24(12-15)19-21-7-3-8-22-19/h1,3-5,7-8,10,15-17H,2,6,9,11-12H2,(H,23,25). The van der Waals surface area contributed by atoms with Gasteiger partial charge in [-0.3, -0.25) is 4.79 Å². The zero-order chi connectivity index (χ0) is 17.2. The van der Waals surface area contributed by atoms with E-state index in [2.05, 4.69) is 26.3 Å². The second-order valence-corrected chi connectivity index (χ2v) is 7.28. The maximum Gasteiger partial charge on any atom is 0.225 e. The molecule has 4 rings (SSSR count). The molecule has 2 heterocycles. The number of benzene rings is 1. The molecular formula is C19H21ClN4O. The van der Waals surface area contributed by atoms with Crippen molar-refractivity contribution in [2.75, 3.05) is 18.0 Å². The third-order valence-electron chi connectivity index (χ3n) is 5.01. The quantitative estimate of drug-likeness (QED) is 0.914. The lowest BCUT2D eigenvalue weighted by Crippen LogP contribution is -2.48. The monoisotopic (exact) mass is 356 g/mol. The molecule has 1 N–H and O–H groups in total. The number of carbonyl (C=O) groups is 1. The number of nitrogens with zero attached hydrogens (tertiary/aromatic N) is 3. The van der Waals surface area contributed by atoms with Crippen molar-refractivity contribution in [3.8, 4) is 0 Å². The molecule has 1 aromatic carbocycles. The first-order chi connectivity index (χ1) is 12.2. The minimum atomic E-state index is 0.0711. The van der Waals surface area contributed by atoms with E-state index < -0.39 is 0 Å². The number of hydrogen-bond donors (Lipinski definition) is 1. The third kappa shape index (κ3) is 3.76. The minimum absolute atomic E-state index is 0.0711.